The number of nitro benzene ring substituents is 1. The Kier molecular flexibility index (Phi) is 4.14. The van der Waals surface area contributed by atoms with Crippen LogP contribution in [0.2, 0.25) is 5.02 Å². The molecule has 0 saturated heterocycles. The number of benzene rings is 2. The van der Waals surface area contributed by atoms with Crippen LogP contribution in [0.1, 0.15) is 5.56 Å². The van der Waals surface area contributed by atoms with E-state index in [2.05, 4.69) is 5.32 Å². The molecule has 0 aliphatic rings. The quantitative estimate of drug-likeness (QED) is 0.682. The summed E-state index contributed by atoms with van der Waals surface area (Å²) >= 11 is 5.80. The van der Waals surface area contributed by atoms with Gasteiger partial charge in [-0.05, 0) is 17.7 Å². The van der Waals surface area contributed by atoms with Crippen molar-refractivity contribution < 1.29 is 13.7 Å². The van der Waals surface area contributed by atoms with Gasteiger partial charge in [0.1, 0.15) is 5.82 Å². The average Bonchev–Trinajstić information content (AvgIpc) is 2.37. The average molecular weight is 299 g/mol. The van der Waals surface area contributed by atoms with Crippen molar-refractivity contribution in [2.24, 2.45) is 0 Å². The molecule has 0 spiro atoms. The summed E-state index contributed by atoms with van der Waals surface area (Å²) in [4.78, 5) is 9.70. The molecule has 0 amide bonds. The maximum absolute atomic E-state index is 13.5. The van der Waals surface area contributed by atoms with Crippen molar-refractivity contribution >= 4 is 23.0 Å². The third kappa shape index (κ3) is 3.21. The van der Waals surface area contributed by atoms with Gasteiger partial charge in [-0.3, -0.25) is 10.1 Å². The second-order valence-electron chi connectivity index (χ2n) is 4.02. The minimum atomic E-state index is -1.21. The van der Waals surface area contributed by atoms with Crippen molar-refractivity contribution in [1.82, 2.24) is 0 Å². The lowest BCUT2D eigenvalue weighted by Gasteiger charge is -2.08. The number of nitrogens with one attached hydrogen (secondary N) is 1. The Hall–Kier alpha value is -2.21. The summed E-state index contributed by atoms with van der Waals surface area (Å²) in [5.74, 6) is -2.10. The van der Waals surface area contributed by atoms with E-state index in [1.165, 1.54) is 0 Å². The van der Waals surface area contributed by atoms with Gasteiger partial charge in [0, 0.05) is 23.7 Å². The van der Waals surface area contributed by atoms with Crippen LogP contribution < -0.4 is 5.32 Å². The van der Waals surface area contributed by atoms with Crippen molar-refractivity contribution in [2.75, 3.05) is 5.32 Å². The summed E-state index contributed by atoms with van der Waals surface area (Å²) in [7, 11) is 0. The molecule has 0 fully saturated rings. The van der Waals surface area contributed by atoms with Crippen LogP contribution in [0.15, 0.2) is 36.4 Å². The van der Waals surface area contributed by atoms with Gasteiger partial charge >= 0.3 is 5.69 Å². The highest BCUT2D eigenvalue weighted by molar-refractivity contribution is 6.30. The van der Waals surface area contributed by atoms with Crippen LogP contribution in [0.25, 0.3) is 0 Å². The van der Waals surface area contributed by atoms with Crippen molar-refractivity contribution in [3.63, 3.8) is 0 Å². The van der Waals surface area contributed by atoms with Crippen molar-refractivity contribution in [3.05, 3.63) is 68.7 Å². The zero-order valence-corrected chi connectivity index (χ0v) is 10.8. The van der Waals surface area contributed by atoms with Gasteiger partial charge in [0.25, 0.3) is 0 Å². The summed E-state index contributed by atoms with van der Waals surface area (Å²) < 4.78 is 26.7. The van der Waals surface area contributed by atoms with E-state index in [0.717, 1.165) is 11.6 Å². The minimum absolute atomic E-state index is 0.141. The molecule has 1 N–H and O–H groups in total. The molecule has 104 valence electrons. The molecule has 0 aliphatic heterocycles. The first-order chi connectivity index (χ1) is 9.47. The maximum atomic E-state index is 13.5. The molecule has 20 heavy (non-hydrogen) atoms. The molecule has 0 aromatic heterocycles. The van der Waals surface area contributed by atoms with Crippen LogP contribution in [0.5, 0.6) is 0 Å². The van der Waals surface area contributed by atoms with Gasteiger partial charge in [-0.15, -0.1) is 0 Å². The van der Waals surface area contributed by atoms with Gasteiger partial charge in [-0.1, -0.05) is 23.7 Å². The summed E-state index contributed by atoms with van der Waals surface area (Å²) in [5.41, 5.74) is -0.151. The topological polar surface area (TPSA) is 55.2 Å². The molecule has 0 heterocycles. The van der Waals surface area contributed by atoms with Crippen LogP contribution in [0.4, 0.5) is 20.2 Å². The Labute approximate surface area is 118 Å². The zero-order chi connectivity index (χ0) is 14.7. The maximum Gasteiger partial charge on any atom is 0.307 e. The van der Waals surface area contributed by atoms with E-state index >= 15 is 0 Å². The van der Waals surface area contributed by atoms with Crippen molar-refractivity contribution in [3.8, 4) is 0 Å². The molecule has 0 saturated carbocycles. The van der Waals surface area contributed by atoms with E-state index in [1.54, 1.807) is 24.3 Å². The molecule has 0 unspecified atom stereocenters. The summed E-state index contributed by atoms with van der Waals surface area (Å²) in [6.07, 6.45) is 0. The first-order valence-electron chi connectivity index (χ1n) is 5.59. The molecule has 7 heteroatoms. The molecule has 2 aromatic carbocycles. The Morgan fingerprint density at radius 1 is 1.20 bits per heavy atom. The van der Waals surface area contributed by atoms with E-state index in [-0.39, 0.29) is 12.2 Å². The monoisotopic (exact) mass is 298 g/mol. The minimum Gasteiger partial charge on any atom is -0.378 e. The van der Waals surface area contributed by atoms with Gasteiger partial charge in [-0.25, -0.2) is 4.39 Å². The first-order valence-corrected chi connectivity index (χ1v) is 5.97. The van der Waals surface area contributed by atoms with Crippen molar-refractivity contribution in [1.29, 1.82) is 0 Å². The molecule has 0 aliphatic carbocycles. The number of halogens is 3. The summed E-state index contributed by atoms with van der Waals surface area (Å²) in [5, 5.41) is 13.8. The van der Waals surface area contributed by atoms with Gasteiger partial charge in [-0.2, -0.15) is 4.39 Å². The second-order valence-corrected chi connectivity index (χ2v) is 4.46. The molecule has 4 nitrogen and oxygen atoms in total. The number of nitro groups is 1. The van der Waals surface area contributed by atoms with E-state index in [4.69, 9.17) is 11.6 Å². The predicted octanol–water partition coefficient (Wildman–Crippen LogP) is 4.14. The van der Waals surface area contributed by atoms with E-state index in [9.17, 15) is 18.9 Å². The lowest BCUT2D eigenvalue weighted by atomic mass is 10.2. The smallest absolute Gasteiger partial charge is 0.307 e. The zero-order valence-electron chi connectivity index (χ0n) is 10.1. The lowest BCUT2D eigenvalue weighted by Crippen LogP contribution is -2.03. The summed E-state index contributed by atoms with van der Waals surface area (Å²) in [6, 6.07) is 8.16. The van der Waals surface area contributed by atoms with E-state index < -0.39 is 22.2 Å². The molecule has 0 radical (unpaired) electrons. The predicted molar refractivity (Wildman–Crippen MR) is 71.8 cm³/mol. The Balaban J connectivity index is 2.21. The molecular formula is C13H9ClF2N2O2. The van der Waals surface area contributed by atoms with E-state index in [0.29, 0.717) is 11.1 Å². The fraction of sp³-hybridized carbons (Fsp3) is 0.0769. The van der Waals surface area contributed by atoms with Crippen LogP contribution in [-0.4, -0.2) is 4.92 Å². The van der Waals surface area contributed by atoms with Gasteiger partial charge < -0.3 is 5.32 Å². The number of hydrogen-bond acceptors (Lipinski definition) is 3. The third-order valence-corrected chi connectivity index (χ3v) is 2.84. The number of nitrogens with zero attached hydrogens (tertiary/aromatic N) is 1. The molecule has 0 atom stereocenters. The van der Waals surface area contributed by atoms with E-state index in [1.807, 2.05) is 0 Å². The van der Waals surface area contributed by atoms with Crippen LogP contribution >= 0.6 is 11.6 Å². The number of anilines is 1. The molecular weight excluding hydrogens is 290 g/mol. The lowest BCUT2D eigenvalue weighted by molar-refractivity contribution is -0.387. The highest BCUT2D eigenvalue weighted by Gasteiger charge is 2.18. The van der Waals surface area contributed by atoms with Gasteiger partial charge in [0.15, 0.2) is 0 Å². The fourth-order valence-electron chi connectivity index (χ4n) is 1.66. The van der Waals surface area contributed by atoms with Crippen LogP contribution in [0.3, 0.4) is 0 Å². The van der Waals surface area contributed by atoms with Gasteiger partial charge in [0.05, 0.1) is 10.6 Å². The Morgan fingerprint density at radius 2 is 1.95 bits per heavy atom. The van der Waals surface area contributed by atoms with Crippen molar-refractivity contribution in [2.45, 2.75) is 6.54 Å². The number of rotatable bonds is 4. The highest BCUT2D eigenvalue weighted by atomic mass is 35.5. The molecule has 0 bridgehead atoms. The van der Waals surface area contributed by atoms with Gasteiger partial charge in [0.2, 0.25) is 5.82 Å². The Bertz CT molecular complexity index is 665. The summed E-state index contributed by atoms with van der Waals surface area (Å²) in [6.45, 7) is 0.209. The molecule has 2 rings (SSSR count). The molecule has 2 aromatic rings. The SMILES string of the molecule is O=[N+]([O-])c1cc(NCc2cccc(Cl)c2)c(F)cc1F. The highest BCUT2D eigenvalue weighted by Crippen LogP contribution is 2.25. The van der Waals surface area contributed by atoms with Crippen LogP contribution in [-0.2, 0) is 6.54 Å². The fourth-order valence-corrected chi connectivity index (χ4v) is 1.87. The van der Waals surface area contributed by atoms with Crippen LogP contribution in [0, 0.1) is 21.7 Å². The number of hydrogen-bond donors (Lipinski definition) is 1. The second kappa shape index (κ2) is 5.83. The largest absolute Gasteiger partial charge is 0.378 e. The normalized spacial score (nSPS) is 10.3. The first kappa shape index (κ1) is 14.2. The standard InChI is InChI=1S/C13H9ClF2N2O2/c14-9-3-1-2-8(4-9)7-17-12-6-13(18(19)20)11(16)5-10(12)15/h1-6,17H,7H2. The third-order valence-electron chi connectivity index (χ3n) is 2.61. The Morgan fingerprint density at radius 3 is 2.60 bits per heavy atom.